The molecule has 0 aliphatic rings. The maximum Gasteiger partial charge on any atom is 0.244 e. The van der Waals surface area contributed by atoms with Gasteiger partial charge in [0.2, 0.25) is 21.8 Å². The zero-order valence-electron chi connectivity index (χ0n) is 21.8. The number of hydrogen-bond acceptors (Lipinski definition) is 5. The summed E-state index contributed by atoms with van der Waals surface area (Å²) in [5.41, 5.74) is 0.333. The predicted molar refractivity (Wildman–Crippen MR) is 148 cm³/mol. The van der Waals surface area contributed by atoms with E-state index in [1.165, 1.54) is 24.0 Å². The molecule has 8 nitrogen and oxygen atoms in total. The van der Waals surface area contributed by atoms with Gasteiger partial charge < -0.3 is 10.2 Å². The molecule has 2 rings (SSSR count). The number of carbonyl (C=O) groups excluding carboxylic acids is 3. The van der Waals surface area contributed by atoms with E-state index in [-0.39, 0.29) is 24.4 Å². The third-order valence-electron chi connectivity index (χ3n) is 5.49. The first-order valence-electron chi connectivity index (χ1n) is 11.7. The molecule has 0 saturated carbocycles. The number of benzene rings is 2. The number of carbonyl (C=O) groups is 3. The van der Waals surface area contributed by atoms with Crippen LogP contribution in [0.5, 0.6) is 0 Å². The smallest absolute Gasteiger partial charge is 0.244 e. The summed E-state index contributed by atoms with van der Waals surface area (Å²) in [4.78, 5) is 40.2. The molecule has 1 N–H and O–H groups in total. The number of sulfonamides is 1. The average Bonchev–Trinajstić information content (AvgIpc) is 2.77. The number of nitrogens with one attached hydrogen (secondary N) is 1. The molecule has 0 aromatic heterocycles. The molecular formula is C26H33Cl2N3O5S. The zero-order valence-corrected chi connectivity index (χ0v) is 24.2. The molecule has 1 unspecified atom stereocenters. The summed E-state index contributed by atoms with van der Waals surface area (Å²) in [5, 5.41) is 3.51. The minimum atomic E-state index is -3.94. The van der Waals surface area contributed by atoms with E-state index in [0.29, 0.717) is 21.2 Å². The normalized spacial score (nSPS) is 12.5. The molecule has 202 valence electrons. The van der Waals surface area contributed by atoms with Crippen LogP contribution in [0.3, 0.4) is 0 Å². The van der Waals surface area contributed by atoms with Gasteiger partial charge in [0, 0.05) is 33.3 Å². The van der Waals surface area contributed by atoms with Crippen LogP contribution in [0.4, 0.5) is 5.69 Å². The molecule has 0 aliphatic heterocycles. The number of hydrogen-bond donors (Lipinski definition) is 1. The SMILES string of the molecule is CCC(C(=O)NC(C)(C)C)N(Cc1c(Cl)cccc1Cl)C(=O)CN(c1cccc(C(C)=O)c1)S(C)(=O)=O. The van der Waals surface area contributed by atoms with Gasteiger partial charge in [-0.2, -0.15) is 0 Å². The van der Waals surface area contributed by atoms with Crippen molar-refractivity contribution in [3.05, 3.63) is 63.6 Å². The van der Waals surface area contributed by atoms with Gasteiger partial charge >= 0.3 is 0 Å². The molecule has 11 heteroatoms. The van der Waals surface area contributed by atoms with Crippen LogP contribution in [0.25, 0.3) is 0 Å². The highest BCUT2D eigenvalue weighted by atomic mass is 35.5. The van der Waals surface area contributed by atoms with E-state index in [1.807, 2.05) is 20.8 Å². The van der Waals surface area contributed by atoms with E-state index in [0.717, 1.165) is 10.6 Å². The number of nitrogens with zero attached hydrogens (tertiary/aromatic N) is 2. The van der Waals surface area contributed by atoms with Crippen molar-refractivity contribution in [1.82, 2.24) is 10.2 Å². The molecule has 0 spiro atoms. The monoisotopic (exact) mass is 569 g/mol. The molecule has 2 aromatic rings. The number of Topliss-reactive ketones (excluding diaryl/α,β-unsaturated/α-hetero) is 1. The number of rotatable bonds is 10. The Bertz CT molecular complexity index is 1250. The Balaban J connectivity index is 2.56. The van der Waals surface area contributed by atoms with Crippen LogP contribution in [0.2, 0.25) is 10.0 Å². The minimum Gasteiger partial charge on any atom is -0.350 e. The largest absolute Gasteiger partial charge is 0.350 e. The van der Waals surface area contributed by atoms with Crippen LogP contribution in [0, 0.1) is 0 Å². The van der Waals surface area contributed by atoms with Gasteiger partial charge in [0.1, 0.15) is 12.6 Å². The van der Waals surface area contributed by atoms with E-state index < -0.39 is 40.0 Å². The lowest BCUT2D eigenvalue weighted by Gasteiger charge is -2.34. The number of amides is 2. The molecular weight excluding hydrogens is 537 g/mol. The van der Waals surface area contributed by atoms with E-state index in [9.17, 15) is 22.8 Å². The summed E-state index contributed by atoms with van der Waals surface area (Å²) in [6, 6.07) is 10.00. The molecule has 1 atom stereocenters. The Labute approximate surface area is 229 Å². The third-order valence-corrected chi connectivity index (χ3v) is 7.34. The fraction of sp³-hybridized carbons (Fsp3) is 0.423. The van der Waals surface area contributed by atoms with Crippen molar-refractivity contribution < 1.29 is 22.8 Å². The Hall–Kier alpha value is -2.62. The summed E-state index contributed by atoms with van der Waals surface area (Å²) in [7, 11) is -3.94. The molecule has 0 heterocycles. The van der Waals surface area contributed by atoms with Gasteiger partial charge in [0.05, 0.1) is 11.9 Å². The third kappa shape index (κ3) is 8.45. The second-order valence-electron chi connectivity index (χ2n) is 9.76. The Kier molecular flexibility index (Phi) is 10.2. The van der Waals surface area contributed by atoms with Gasteiger partial charge in [0.25, 0.3) is 0 Å². The molecule has 0 saturated heterocycles. The molecule has 2 aromatic carbocycles. The van der Waals surface area contributed by atoms with Crippen molar-refractivity contribution in [2.24, 2.45) is 0 Å². The molecule has 0 bridgehead atoms. The highest BCUT2D eigenvalue weighted by Gasteiger charge is 2.33. The van der Waals surface area contributed by atoms with Crippen LogP contribution in [0.1, 0.15) is 57.0 Å². The van der Waals surface area contributed by atoms with Gasteiger partial charge in [0.15, 0.2) is 5.78 Å². The van der Waals surface area contributed by atoms with Crippen LogP contribution in [0.15, 0.2) is 42.5 Å². The first kappa shape index (κ1) is 30.6. The first-order valence-corrected chi connectivity index (χ1v) is 14.3. The minimum absolute atomic E-state index is 0.113. The fourth-order valence-electron chi connectivity index (χ4n) is 3.72. The highest BCUT2D eigenvalue weighted by Crippen LogP contribution is 2.28. The van der Waals surface area contributed by atoms with Gasteiger partial charge in [-0.3, -0.25) is 18.7 Å². The number of ketones is 1. The molecule has 0 fully saturated rings. The van der Waals surface area contributed by atoms with Crippen molar-refractivity contribution in [3.8, 4) is 0 Å². The van der Waals surface area contributed by atoms with E-state index in [1.54, 1.807) is 37.3 Å². The summed E-state index contributed by atoms with van der Waals surface area (Å²) in [6.07, 6.45) is 1.23. The summed E-state index contributed by atoms with van der Waals surface area (Å²) in [5.74, 6) is -1.27. The number of anilines is 1. The molecule has 2 amide bonds. The van der Waals surface area contributed by atoms with E-state index in [2.05, 4.69) is 5.32 Å². The Morgan fingerprint density at radius 2 is 1.59 bits per heavy atom. The van der Waals surface area contributed by atoms with Gasteiger partial charge in [-0.05, 0) is 58.4 Å². The summed E-state index contributed by atoms with van der Waals surface area (Å²) in [6.45, 7) is 7.88. The number of halogens is 2. The standard InChI is InChI=1S/C26H33Cl2N3O5S/c1-7-23(25(34)29-26(3,4)5)30(15-20-21(27)12-9-13-22(20)28)24(33)16-31(37(6,35)36)19-11-8-10-18(14-19)17(2)32/h8-14,23H,7,15-16H2,1-6H3,(H,29,34). The van der Waals surface area contributed by atoms with Crippen molar-refractivity contribution in [2.45, 2.75) is 59.2 Å². The lowest BCUT2D eigenvalue weighted by molar-refractivity contribution is -0.141. The molecule has 37 heavy (non-hydrogen) atoms. The van der Waals surface area contributed by atoms with Gasteiger partial charge in [-0.15, -0.1) is 0 Å². The highest BCUT2D eigenvalue weighted by molar-refractivity contribution is 7.92. The average molecular weight is 571 g/mol. The maximum absolute atomic E-state index is 13.8. The second-order valence-corrected chi connectivity index (χ2v) is 12.5. The van der Waals surface area contributed by atoms with Crippen molar-refractivity contribution in [1.29, 1.82) is 0 Å². The van der Waals surface area contributed by atoms with Crippen molar-refractivity contribution in [3.63, 3.8) is 0 Å². The Morgan fingerprint density at radius 3 is 2.08 bits per heavy atom. The summed E-state index contributed by atoms with van der Waals surface area (Å²) >= 11 is 12.7. The fourth-order valence-corrected chi connectivity index (χ4v) is 5.08. The van der Waals surface area contributed by atoms with Crippen molar-refractivity contribution >= 4 is 56.5 Å². The molecule has 0 aliphatic carbocycles. The van der Waals surface area contributed by atoms with Crippen molar-refractivity contribution in [2.75, 3.05) is 17.1 Å². The first-order chi connectivity index (χ1) is 17.0. The zero-order chi connectivity index (χ0) is 28.1. The summed E-state index contributed by atoms with van der Waals surface area (Å²) < 4.78 is 26.4. The van der Waals surface area contributed by atoms with Gasteiger partial charge in [-0.1, -0.05) is 48.3 Å². The van der Waals surface area contributed by atoms with Crippen LogP contribution in [-0.4, -0.2) is 55.3 Å². The lowest BCUT2D eigenvalue weighted by Crippen LogP contribution is -2.55. The Morgan fingerprint density at radius 1 is 1.03 bits per heavy atom. The lowest BCUT2D eigenvalue weighted by atomic mass is 10.1. The second kappa shape index (κ2) is 12.3. The van der Waals surface area contributed by atoms with Crippen LogP contribution < -0.4 is 9.62 Å². The van der Waals surface area contributed by atoms with Gasteiger partial charge in [-0.25, -0.2) is 8.42 Å². The van der Waals surface area contributed by atoms with Crippen LogP contribution in [-0.2, 0) is 26.2 Å². The van der Waals surface area contributed by atoms with E-state index >= 15 is 0 Å². The molecule has 0 radical (unpaired) electrons. The maximum atomic E-state index is 13.8. The van der Waals surface area contributed by atoms with Crippen LogP contribution >= 0.6 is 23.2 Å². The predicted octanol–water partition coefficient (Wildman–Crippen LogP) is 4.68. The topological polar surface area (TPSA) is 104 Å². The quantitative estimate of drug-likeness (QED) is 0.418. The van der Waals surface area contributed by atoms with E-state index in [4.69, 9.17) is 23.2 Å².